The highest BCUT2D eigenvalue weighted by Crippen LogP contribution is 2.22. The second-order valence-electron chi connectivity index (χ2n) is 3.64. The van der Waals surface area contributed by atoms with Gasteiger partial charge in [0.15, 0.2) is 0 Å². The van der Waals surface area contributed by atoms with Crippen LogP contribution >= 0.6 is 0 Å². The Kier molecular flexibility index (Phi) is 2.91. The lowest BCUT2D eigenvalue weighted by Gasteiger charge is -2.15. The summed E-state index contributed by atoms with van der Waals surface area (Å²) >= 11 is 0. The summed E-state index contributed by atoms with van der Waals surface area (Å²) in [5.74, 6) is -2.66. The van der Waals surface area contributed by atoms with Gasteiger partial charge in [0, 0.05) is 12.1 Å². The molecule has 0 aromatic heterocycles. The van der Waals surface area contributed by atoms with Crippen molar-refractivity contribution in [3.8, 4) is 0 Å². The summed E-state index contributed by atoms with van der Waals surface area (Å²) in [6.45, 7) is 0.262. The topological polar surface area (TPSA) is 66.4 Å². The van der Waals surface area contributed by atoms with Crippen molar-refractivity contribution in [2.75, 3.05) is 6.54 Å². The molecular weight excluding hydrogens is 225 g/mol. The highest BCUT2D eigenvalue weighted by molar-refractivity contribution is 6.44. The van der Waals surface area contributed by atoms with Crippen LogP contribution in [0.3, 0.4) is 0 Å². The van der Waals surface area contributed by atoms with E-state index in [0.29, 0.717) is 0 Å². The van der Waals surface area contributed by atoms with E-state index in [9.17, 15) is 19.1 Å². The number of benzene rings is 1. The van der Waals surface area contributed by atoms with Gasteiger partial charge in [0.1, 0.15) is 11.6 Å². The van der Waals surface area contributed by atoms with Gasteiger partial charge >= 0.3 is 0 Å². The summed E-state index contributed by atoms with van der Waals surface area (Å²) in [4.78, 5) is 22.6. The SMILES string of the molecule is O=C1NCC/C(=C(\O)c2ccccc2F)C1=O. The Bertz CT molecular complexity index is 522. The van der Waals surface area contributed by atoms with Gasteiger partial charge < -0.3 is 10.4 Å². The molecule has 17 heavy (non-hydrogen) atoms. The first kappa shape index (κ1) is 11.3. The number of aliphatic hydroxyl groups excluding tert-OH is 1. The number of carbonyl (C=O) groups is 2. The summed E-state index contributed by atoms with van der Waals surface area (Å²) in [7, 11) is 0. The van der Waals surface area contributed by atoms with E-state index < -0.39 is 23.3 Å². The number of aliphatic hydroxyl groups is 1. The third kappa shape index (κ3) is 2.04. The zero-order chi connectivity index (χ0) is 12.4. The lowest BCUT2D eigenvalue weighted by Crippen LogP contribution is -2.38. The molecule has 1 aliphatic heterocycles. The van der Waals surface area contributed by atoms with Crippen LogP contribution in [-0.2, 0) is 9.59 Å². The number of carbonyl (C=O) groups excluding carboxylic acids is 2. The molecule has 0 aliphatic carbocycles. The monoisotopic (exact) mass is 235 g/mol. The first-order valence-electron chi connectivity index (χ1n) is 5.11. The Balaban J connectivity index is 2.48. The molecule has 0 spiro atoms. The van der Waals surface area contributed by atoms with Gasteiger partial charge in [-0.25, -0.2) is 4.39 Å². The lowest BCUT2D eigenvalue weighted by atomic mass is 9.98. The average molecular weight is 235 g/mol. The Labute approximate surface area is 96.8 Å². The number of Topliss-reactive ketones (excluding diaryl/α,β-unsaturated/α-hetero) is 1. The maximum absolute atomic E-state index is 13.4. The van der Waals surface area contributed by atoms with E-state index >= 15 is 0 Å². The second kappa shape index (κ2) is 4.37. The van der Waals surface area contributed by atoms with Crippen LogP contribution in [0.5, 0.6) is 0 Å². The van der Waals surface area contributed by atoms with Crippen LogP contribution in [0.25, 0.3) is 5.76 Å². The van der Waals surface area contributed by atoms with E-state index in [2.05, 4.69) is 5.32 Å². The van der Waals surface area contributed by atoms with E-state index in [1.54, 1.807) is 6.07 Å². The van der Waals surface area contributed by atoms with E-state index in [-0.39, 0.29) is 24.1 Å². The second-order valence-corrected chi connectivity index (χ2v) is 3.64. The van der Waals surface area contributed by atoms with Crippen molar-refractivity contribution in [2.45, 2.75) is 6.42 Å². The molecule has 1 aromatic rings. The normalized spacial score (nSPS) is 18.9. The number of rotatable bonds is 1. The molecule has 0 bridgehead atoms. The number of ketones is 1. The first-order valence-corrected chi connectivity index (χ1v) is 5.11. The average Bonchev–Trinajstić information content (AvgIpc) is 2.32. The van der Waals surface area contributed by atoms with Crippen molar-refractivity contribution in [1.29, 1.82) is 0 Å². The van der Waals surface area contributed by atoms with Crippen LogP contribution in [0.15, 0.2) is 29.8 Å². The Morgan fingerprint density at radius 3 is 2.71 bits per heavy atom. The standard InChI is InChI=1S/C12H10FNO3/c13-9-4-2-1-3-7(9)10(15)8-5-6-14-12(17)11(8)16/h1-4,15H,5-6H2,(H,14,17)/b10-8+. The molecule has 88 valence electrons. The molecule has 0 unspecified atom stereocenters. The minimum atomic E-state index is -0.808. The third-order valence-electron chi connectivity index (χ3n) is 2.56. The molecule has 5 heteroatoms. The first-order chi connectivity index (χ1) is 8.11. The van der Waals surface area contributed by atoms with E-state index in [1.807, 2.05) is 0 Å². The number of piperidine rings is 1. The largest absolute Gasteiger partial charge is 0.507 e. The van der Waals surface area contributed by atoms with Gasteiger partial charge in [-0.1, -0.05) is 12.1 Å². The quantitative estimate of drug-likeness (QED) is 0.436. The van der Waals surface area contributed by atoms with Gasteiger partial charge in [-0.2, -0.15) is 0 Å². The molecule has 2 rings (SSSR count). The van der Waals surface area contributed by atoms with Crippen LogP contribution in [0.2, 0.25) is 0 Å². The molecule has 0 radical (unpaired) electrons. The van der Waals surface area contributed by atoms with Crippen molar-refractivity contribution in [3.63, 3.8) is 0 Å². The van der Waals surface area contributed by atoms with Gasteiger partial charge in [0.2, 0.25) is 5.78 Å². The van der Waals surface area contributed by atoms with Crippen molar-refractivity contribution >= 4 is 17.4 Å². The van der Waals surface area contributed by atoms with Crippen LogP contribution in [-0.4, -0.2) is 23.3 Å². The number of nitrogens with one attached hydrogen (secondary N) is 1. The van der Waals surface area contributed by atoms with Gasteiger partial charge in [-0.05, 0) is 18.6 Å². The van der Waals surface area contributed by atoms with Crippen LogP contribution in [0, 0.1) is 5.82 Å². The summed E-state index contributed by atoms with van der Waals surface area (Å²) < 4.78 is 13.4. The maximum Gasteiger partial charge on any atom is 0.292 e. The van der Waals surface area contributed by atoms with Crippen LogP contribution in [0.4, 0.5) is 4.39 Å². The molecule has 1 saturated heterocycles. The molecule has 1 amide bonds. The molecular formula is C12H10FNO3. The summed E-state index contributed by atoms with van der Waals surface area (Å²) in [6, 6.07) is 5.56. The van der Waals surface area contributed by atoms with Gasteiger partial charge in [-0.15, -0.1) is 0 Å². The fourth-order valence-corrected chi connectivity index (χ4v) is 1.67. The molecule has 1 fully saturated rings. The molecule has 4 nitrogen and oxygen atoms in total. The van der Waals surface area contributed by atoms with Crippen molar-refractivity contribution in [1.82, 2.24) is 5.32 Å². The van der Waals surface area contributed by atoms with Gasteiger partial charge in [-0.3, -0.25) is 9.59 Å². The van der Waals surface area contributed by atoms with Crippen molar-refractivity contribution < 1.29 is 19.1 Å². The van der Waals surface area contributed by atoms with Crippen LogP contribution in [0.1, 0.15) is 12.0 Å². The van der Waals surface area contributed by atoms with Crippen molar-refractivity contribution in [3.05, 3.63) is 41.2 Å². The molecule has 0 saturated carbocycles. The Hall–Kier alpha value is -2.17. The van der Waals surface area contributed by atoms with E-state index in [1.165, 1.54) is 18.2 Å². The highest BCUT2D eigenvalue weighted by Gasteiger charge is 2.27. The molecule has 1 aromatic carbocycles. The minimum Gasteiger partial charge on any atom is -0.507 e. The fraction of sp³-hybridized carbons (Fsp3) is 0.167. The zero-order valence-electron chi connectivity index (χ0n) is 8.87. The lowest BCUT2D eigenvalue weighted by molar-refractivity contribution is -0.136. The molecule has 1 heterocycles. The highest BCUT2D eigenvalue weighted by atomic mass is 19.1. The smallest absolute Gasteiger partial charge is 0.292 e. The Morgan fingerprint density at radius 1 is 1.29 bits per heavy atom. The maximum atomic E-state index is 13.4. The minimum absolute atomic E-state index is 0.0427. The van der Waals surface area contributed by atoms with Gasteiger partial charge in [0.25, 0.3) is 5.91 Å². The van der Waals surface area contributed by atoms with E-state index in [0.717, 1.165) is 0 Å². The Morgan fingerprint density at radius 2 is 2.00 bits per heavy atom. The molecule has 1 aliphatic rings. The summed E-state index contributed by atoms with van der Waals surface area (Å²) in [5, 5.41) is 12.2. The molecule has 2 N–H and O–H groups in total. The summed E-state index contributed by atoms with van der Waals surface area (Å²) in [6.07, 6.45) is 0.199. The predicted octanol–water partition coefficient (Wildman–Crippen LogP) is 1.18. The van der Waals surface area contributed by atoms with E-state index in [4.69, 9.17) is 0 Å². The number of hydrogen-bond donors (Lipinski definition) is 2. The number of amides is 1. The number of halogens is 1. The third-order valence-corrected chi connectivity index (χ3v) is 2.56. The predicted molar refractivity (Wildman–Crippen MR) is 58.6 cm³/mol. The van der Waals surface area contributed by atoms with Crippen molar-refractivity contribution in [2.24, 2.45) is 0 Å². The number of hydrogen-bond acceptors (Lipinski definition) is 3. The summed E-state index contributed by atoms with van der Waals surface area (Å²) in [5.41, 5.74) is -0.107. The zero-order valence-corrected chi connectivity index (χ0v) is 8.87. The fourth-order valence-electron chi connectivity index (χ4n) is 1.67. The molecule has 0 atom stereocenters. The van der Waals surface area contributed by atoms with Gasteiger partial charge in [0.05, 0.1) is 5.56 Å². The van der Waals surface area contributed by atoms with Crippen LogP contribution < -0.4 is 5.32 Å².